The lowest BCUT2D eigenvalue weighted by molar-refractivity contribution is -0.132. The number of hydrogen-bond acceptors (Lipinski definition) is 4. The highest BCUT2D eigenvalue weighted by atomic mass is 35.5. The van der Waals surface area contributed by atoms with Crippen molar-refractivity contribution in [3.8, 4) is 0 Å². The number of thioether (sulfide) groups is 1. The Hall–Kier alpha value is -1.31. The van der Waals surface area contributed by atoms with Gasteiger partial charge in [0.15, 0.2) is 0 Å². The van der Waals surface area contributed by atoms with E-state index in [1.807, 2.05) is 6.26 Å². The minimum atomic E-state index is -0.515. The molecular weight excluding hydrogens is 365 g/mol. The van der Waals surface area contributed by atoms with Crippen LogP contribution in [0.1, 0.15) is 23.2 Å². The third kappa shape index (κ3) is 5.87. The highest BCUT2D eigenvalue weighted by Crippen LogP contribution is 2.13. The van der Waals surface area contributed by atoms with E-state index in [-0.39, 0.29) is 29.8 Å². The summed E-state index contributed by atoms with van der Waals surface area (Å²) in [4.78, 5) is 28.2. The van der Waals surface area contributed by atoms with Crippen LogP contribution in [-0.4, -0.2) is 65.8 Å². The Balaban J connectivity index is 0.00000312. The molecule has 0 bridgehead atoms. The van der Waals surface area contributed by atoms with E-state index in [4.69, 9.17) is 5.73 Å². The maximum absolute atomic E-state index is 13.8. The Morgan fingerprint density at radius 3 is 2.52 bits per heavy atom. The number of carbonyl (C=O) groups excluding carboxylic acids is 2. The van der Waals surface area contributed by atoms with Crippen LogP contribution < -0.4 is 5.73 Å². The Bertz CT molecular complexity index is 591. The molecule has 5 nitrogen and oxygen atoms in total. The molecule has 1 aliphatic heterocycles. The van der Waals surface area contributed by atoms with Gasteiger partial charge >= 0.3 is 0 Å². The Kier molecular flexibility index (Phi) is 9.24. The number of hydrogen-bond donors (Lipinski definition) is 1. The maximum atomic E-state index is 13.8. The zero-order valence-corrected chi connectivity index (χ0v) is 16.0. The standard InChI is InChI=1S/C17H24FN3O2S.ClH/c1-24-12-7-15(19)17(23)21-9-4-8-20(10-11-21)16(22)13-5-2-3-6-14(13)18;/h2-3,5-6,15H,4,7-12,19H2,1H3;1H/t15-;/m0./s1. The van der Waals surface area contributed by atoms with Gasteiger partial charge in [0.1, 0.15) is 5.82 Å². The van der Waals surface area contributed by atoms with E-state index >= 15 is 0 Å². The molecule has 1 saturated heterocycles. The second-order valence-corrected chi connectivity index (χ2v) is 6.82. The van der Waals surface area contributed by atoms with Crippen molar-refractivity contribution in [2.75, 3.05) is 38.2 Å². The number of amides is 2. The molecule has 0 aliphatic carbocycles. The highest BCUT2D eigenvalue weighted by molar-refractivity contribution is 7.98. The van der Waals surface area contributed by atoms with E-state index in [2.05, 4.69) is 0 Å². The Morgan fingerprint density at radius 2 is 1.84 bits per heavy atom. The number of nitrogens with two attached hydrogens (primary N) is 1. The number of halogens is 2. The van der Waals surface area contributed by atoms with Crippen LogP contribution >= 0.6 is 24.2 Å². The zero-order valence-electron chi connectivity index (χ0n) is 14.3. The van der Waals surface area contributed by atoms with Crippen LogP contribution in [-0.2, 0) is 4.79 Å². The van der Waals surface area contributed by atoms with Crippen molar-refractivity contribution in [1.82, 2.24) is 9.80 Å². The van der Waals surface area contributed by atoms with Crippen LogP contribution in [0.15, 0.2) is 24.3 Å². The van der Waals surface area contributed by atoms with Gasteiger partial charge in [0, 0.05) is 26.2 Å². The summed E-state index contributed by atoms with van der Waals surface area (Å²) < 4.78 is 13.8. The van der Waals surface area contributed by atoms with Crippen molar-refractivity contribution in [2.24, 2.45) is 5.73 Å². The first-order chi connectivity index (χ1) is 11.5. The molecule has 1 aromatic carbocycles. The smallest absolute Gasteiger partial charge is 0.256 e. The summed E-state index contributed by atoms with van der Waals surface area (Å²) in [5, 5.41) is 0. The Labute approximate surface area is 158 Å². The molecule has 2 rings (SSSR count). The monoisotopic (exact) mass is 389 g/mol. The van der Waals surface area contributed by atoms with Gasteiger partial charge in [-0.2, -0.15) is 11.8 Å². The molecule has 2 N–H and O–H groups in total. The van der Waals surface area contributed by atoms with E-state index < -0.39 is 11.9 Å². The summed E-state index contributed by atoms with van der Waals surface area (Å²) in [6.07, 6.45) is 3.30. The largest absolute Gasteiger partial charge is 0.340 e. The molecule has 0 spiro atoms. The summed E-state index contributed by atoms with van der Waals surface area (Å²) in [5.74, 6) is -0.0596. The van der Waals surface area contributed by atoms with Crippen LogP contribution in [0, 0.1) is 5.82 Å². The number of carbonyl (C=O) groups is 2. The summed E-state index contributed by atoms with van der Waals surface area (Å²) in [7, 11) is 0. The van der Waals surface area contributed by atoms with E-state index in [0.717, 1.165) is 5.75 Å². The second-order valence-electron chi connectivity index (χ2n) is 5.84. The predicted octanol–water partition coefficient (Wildman–Crippen LogP) is 2.00. The van der Waals surface area contributed by atoms with Gasteiger partial charge in [-0.1, -0.05) is 12.1 Å². The molecule has 2 amide bonds. The van der Waals surface area contributed by atoms with E-state index in [1.54, 1.807) is 33.7 Å². The van der Waals surface area contributed by atoms with Crippen molar-refractivity contribution in [3.05, 3.63) is 35.6 Å². The fourth-order valence-electron chi connectivity index (χ4n) is 2.75. The predicted molar refractivity (Wildman–Crippen MR) is 102 cm³/mol. The summed E-state index contributed by atoms with van der Waals surface area (Å²) >= 11 is 1.66. The molecule has 1 atom stereocenters. The molecule has 0 unspecified atom stereocenters. The third-order valence-corrected chi connectivity index (χ3v) is 4.79. The van der Waals surface area contributed by atoms with Crippen molar-refractivity contribution >= 4 is 36.0 Å². The average molecular weight is 390 g/mol. The first kappa shape index (κ1) is 21.7. The molecular formula is C17H25ClFN3O2S. The molecule has 1 heterocycles. The number of rotatable bonds is 5. The molecule has 1 aromatic rings. The van der Waals surface area contributed by atoms with Gasteiger partial charge in [-0.15, -0.1) is 12.4 Å². The van der Waals surface area contributed by atoms with Crippen LogP contribution in [0.5, 0.6) is 0 Å². The summed E-state index contributed by atoms with van der Waals surface area (Å²) in [5.41, 5.74) is 6.03. The Morgan fingerprint density at radius 1 is 1.20 bits per heavy atom. The molecule has 0 saturated carbocycles. The number of nitrogens with zero attached hydrogens (tertiary/aromatic N) is 2. The minimum Gasteiger partial charge on any atom is -0.340 e. The van der Waals surface area contributed by atoms with Crippen molar-refractivity contribution in [3.63, 3.8) is 0 Å². The van der Waals surface area contributed by atoms with Crippen LogP contribution in [0.25, 0.3) is 0 Å². The maximum Gasteiger partial charge on any atom is 0.256 e. The lowest BCUT2D eigenvalue weighted by Gasteiger charge is -2.24. The lowest BCUT2D eigenvalue weighted by Crippen LogP contribution is -2.45. The first-order valence-corrected chi connectivity index (χ1v) is 9.51. The molecule has 25 heavy (non-hydrogen) atoms. The van der Waals surface area contributed by atoms with Crippen molar-refractivity contribution < 1.29 is 14.0 Å². The molecule has 0 radical (unpaired) electrons. The van der Waals surface area contributed by atoms with E-state index in [9.17, 15) is 14.0 Å². The highest BCUT2D eigenvalue weighted by Gasteiger charge is 2.26. The van der Waals surface area contributed by atoms with Gasteiger partial charge in [-0.05, 0) is 37.0 Å². The minimum absolute atomic E-state index is 0. The van der Waals surface area contributed by atoms with E-state index in [0.29, 0.717) is 39.0 Å². The van der Waals surface area contributed by atoms with Crippen LogP contribution in [0.4, 0.5) is 4.39 Å². The number of benzene rings is 1. The van der Waals surface area contributed by atoms with Crippen molar-refractivity contribution in [1.29, 1.82) is 0 Å². The van der Waals surface area contributed by atoms with E-state index in [1.165, 1.54) is 12.1 Å². The van der Waals surface area contributed by atoms with Gasteiger partial charge in [0.25, 0.3) is 5.91 Å². The van der Waals surface area contributed by atoms with Gasteiger partial charge in [-0.3, -0.25) is 9.59 Å². The molecule has 140 valence electrons. The average Bonchev–Trinajstić information content (AvgIpc) is 2.85. The topological polar surface area (TPSA) is 66.6 Å². The first-order valence-electron chi connectivity index (χ1n) is 8.11. The molecule has 8 heteroatoms. The second kappa shape index (κ2) is 10.6. The van der Waals surface area contributed by atoms with Gasteiger partial charge < -0.3 is 15.5 Å². The summed E-state index contributed by atoms with van der Waals surface area (Å²) in [6, 6.07) is 5.49. The van der Waals surface area contributed by atoms with Gasteiger partial charge in [0.2, 0.25) is 5.91 Å². The van der Waals surface area contributed by atoms with Gasteiger partial charge in [0.05, 0.1) is 11.6 Å². The normalized spacial score (nSPS) is 16.0. The van der Waals surface area contributed by atoms with Crippen LogP contribution in [0.3, 0.4) is 0 Å². The quantitative estimate of drug-likeness (QED) is 0.836. The zero-order chi connectivity index (χ0) is 17.5. The lowest BCUT2D eigenvalue weighted by atomic mass is 10.2. The summed E-state index contributed by atoms with van der Waals surface area (Å²) in [6.45, 7) is 1.92. The van der Waals surface area contributed by atoms with Gasteiger partial charge in [-0.25, -0.2) is 4.39 Å². The SMILES string of the molecule is CSCC[C@H](N)C(=O)N1CCCN(C(=O)c2ccccc2F)CC1.Cl. The molecule has 1 fully saturated rings. The van der Waals surface area contributed by atoms with Crippen molar-refractivity contribution in [2.45, 2.75) is 18.9 Å². The molecule has 1 aliphatic rings. The third-order valence-electron chi connectivity index (χ3n) is 4.15. The fraction of sp³-hybridized carbons (Fsp3) is 0.529. The fourth-order valence-corrected chi connectivity index (χ4v) is 3.24. The van der Waals surface area contributed by atoms with Crippen LogP contribution in [0.2, 0.25) is 0 Å². The molecule has 0 aromatic heterocycles.